The van der Waals surface area contributed by atoms with Crippen LogP contribution in [0.2, 0.25) is 0 Å². The Bertz CT molecular complexity index is 665. The predicted octanol–water partition coefficient (Wildman–Crippen LogP) is 3.16. The monoisotopic (exact) mass is 307 g/mol. The molecular formula is C19H21N3O. The molecule has 0 spiro atoms. The highest BCUT2D eigenvalue weighted by molar-refractivity contribution is 5.78. The Morgan fingerprint density at radius 1 is 1.13 bits per heavy atom. The zero-order valence-corrected chi connectivity index (χ0v) is 13.1. The molecule has 1 heterocycles. The third kappa shape index (κ3) is 4.25. The Morgan fingerprint density at radius 2 is 1.91 bits per heavy atom. The summed E-state index contributed by atoms with van der Waals surface area (Å²) in [4.78, 5) is 20.9. The molecule has 1 atom stereocenters. The lowest BCUT2D eigenvalue weighted by Crippen LogP contribution is -2.32. The SMILES string of the molecule is O=C(NCCc1cnc(-c2ccccc2)nc1)[C@H]1CC=CCC1. The standard InChI is InChI=1S/C19H21N3O/c23-19(17-9-5-2-6-10-17)20-12-11-15-13-21-18(22-14-15)16-7-3-1-4-8-16/h1-5,7-8,13-14,17H,6,9-12H2,(H,20,23)/t17-/m0/s1. The highest BCUT2D eigenvalue weighted by atomic mass is 16.1. The number of hydrogen-bond donors (Lipinski definition) is 1. The summed E-state index contributed by atoms with van der Waals surface area (Å²) in [6, 6.07) is 9.91. The molecule has 23 heavy (non-hydrogen) atoms. The Morgan fingerprint density at radius 3 is 2.61 bits per heavy atom. The van der Waals surface area contributed by atoms with Crippen LogP contribution in [0, 0.1) is 5.92 Å². The number of rotatable bonds is 5. The van der Waals surface area contributed by atoms with E-state index in [2.05, 4.69) is 27.4 Å². The molecule has 1 aliphatic rings. The maximum atomic E-state index is 12.1. The molecule has 0 aliphatic heterocycles. The highest BCUT2D eigenvalue weighted by Gasteiger charge is 2.17. The number of hydrogen-bond acceptors (Lipinski definition) is 3. The maximum Gasteiger partial charge on any atom is 0.223 e. The van der Waals surface area contributed by atoms with E-state index in [0.29, 0.717) is 6.54 Å². The van der Waals surface area contributed by atoms with Crippen molar-refractivity contribution in [1.82, 2.24) is 15.3 Å². The number of allylic oxidation sites excluding steroid dienone is 2. The second-order valence-electron chi connectivity index (χ2n) is 5.80. The van der Waals surface area contributed by atoms with Crippen molar-refractivity contribution >= 4 is 5.91 Å². The third-order valence-corrected chi connectivity index (χ3v) is 4.09. The van der Waals surface area contributed by atoms with Gasteiger partial charge in [-0.2, -0.15) is 0 Å². The van der Waals surface area contributed by atoms with Crippen LogP contribution in [0.1, 0.15) is 24.8 Å². The first-order valence-electron chi connectivity index (χ1n) is 8.12. The number of nitrogens with zero attached hydrogens (tertiary/aromatic N) is 2. The van der Waals surface area contributed by atoms with E-state index >= 15 is 0 Å². The van der Waals surface area contributed by atoms with E-state index in [0.717, 1.165) is 42.6 Å². The van der Waals surface area contributed by atoms with E-state index < -0.39 is 0 Å². The van der Waals surface area contributed by atoms with Crippen molar-refractivity contribution in [1.29, 1.82) is 0 Å². The zero-order chi connectivity index (χ0) is 15.9. The summed E-state index contributed by atoms with van der Waals surface area (Å²) in [5.74, 6) is 1.03. The van der Waals surface area contributed by atoms with Gasteiger partial charge in [0.05, 0.1) is 0 Å². The number of carbonyl (C=O) groups is 1. The molecule has 4 nitrogen and oxygen atoms in total. The van der Waals surface area contributed by atoms with Crippen molar-refractivity contribution in [2.45, 2.75) is 25.7 Å². The molecule has 0 fully saturated rings. The van der Waals surface area contributed by atoms with Gasteiger partial charge >= 0.3 is 0 Å². The van der Waals surface area contributed by atoms with Crippen LogP contribution in [-0.4, -0.2) is 22.4 Å². The molecule has 0 bridgehead atoms. The summed E-state index contributed by atoms with van der Waals surface area (Å²) in [6.45, 7) is 0.632. The van der Waals surface area contributed by atoms with Gasteiger partial charge in [0.15, 0.2) is 5.82 Å². The predicted molar refractivity (Wildman–Crippen MR) is 90.7 cm³/mol. The van der Waals surface area contributed by atoms with Crippen molar-refractivity contribution in [3.63, 3.8) is 0 Å². The van der Waals surface area contributed by atoms with E-state index in [4.69, 9.17) is 0 Å². The second-order valence-corrected chi connectivity index (χ2v) is 5.80. The molecule has 118 valence electrons. The number of aromatic nitrogens is 2. The molecule has 4 heteroatoms. The van der Waals surface area contributed by atoms with Gasteiger partial charge in [0.25, 0.3) is 0 Å². The van der Waals surface area contributed by atoms with Crippen LogP contribution >= 0.6 is 0 Å². The van der Waals surface area contributed by atoms with E-state index in [-0.39, 0.29) is 11.8 Å². The minimum Gasteiger partial charge on any atom is -0.356 e. The number of benzene rings is 1. The van der Waals surface area contributed by atoms with Gasteiger partial charge < -0.3 is 5.32 Å². The molecular weight excluding hydrogens is 286 g/mol. The lowest BCUT2D eigenvalue weighted by molar-refractivity contribution is -0.125. The van der Waals surface area contributed by atoms with Gasteiger partial charge in [-0.15, -0.1) is 0 Å². The first-order valence-corrected chi connectivity index (χ1v) is 8.12. The molecule has 1 amide bonds. The van der Waals surface area contributed by atoms with E-state index in [9.17, 15) is 4.79 Å². The smallest absolute Gasteiger partial charge is 0.223 e. The van der Waals surface area contributed by atoms with Crippen LogP contribution in [0.3, 0.4) is 0 Å². The lowest BCUT2D eigenvalue weighted by Gasteiger charge is -2.17. The van der Waals surface area contributed by atoms with Crippen molar-refractivity contribution < 1.29 is 4.79 Å². The summed E-state index contributed by atoms with van der Waals surface area (Å²) in [5, 5.41) is 3.02. The Balaban J connectivity index is 1.49. The van der Waals surface area contributed by atoms with Crippen molar-refractivity contribution in [2.24, 2.45) is 5.92 Å². The third-order valence-electron chi connectivity index (χ3n) is 4.09. The molecule has 1 aromatic heterocycles. The largest absolute Gasteiger partial charge is 0.356 e. The fraction of sp³-hybridized carbons (Fsp3) is 0.316. The van der Waals surface area contributed by atoms with Gasteiger partial charge in [-0.1, -0.05) is 42.5 Å². The normalized spacial score (nSPS) is 17.0. The number of nitrogens with one attached hydrogen (secondary N) is 1. The van der Waals surface area contributed by atoms with Gasteiger partial charge in [-0.05, 0) is 31.2 Å². The van der Waals surface area contributed by atoms with Crippen LogP contribution in [0.5, 0.6) is 0 Å². The van der Waals surface area contributed by atoms with E-state index in [1.54, 1.807) is 0 Å². The first-order chi connectivity index (χ1) is 11.3. The highest BCUT2D eigenvalue weighted by Crippen LogP contribution is 2.18. The molecule has 0 radical (unpaired) electrons. The molecule has 1 N–H and O–H groups in total. The fourth-order valence-electron chi connectivity index (χ4n) is 2.73. The van der Waals surface area contributed by atoms with Crippen LogP contribution in [0.15, 0.2) is 54.9 Å². The number of carbonyl (C=O) groups excluding carboxylic acids is 1. The van der Waals surface area contributed by atoms with Crippen molar-refractivity contribution in [3.8, 4) is 11.4 Å². The molecule has 1 aromatic carbocycles. The molecule has 0 saturated carbocycles. The summed E-state index contributed by atoms with van der Waals surface area (Å²) in [7, 11) is 0. The Labute approximate surface area is 136 Å². The number of amides is 1. The summed E-state index contributed by atoms with van der Waals surface area (Å²) in [6.07, 6.45) is 11.5. The van der Waals surface area contributed by atoms with E-state index in [1.165, 1.54) is 0 Å². The van der Waals surface area contributed by atoms with Crippen LogP contribution < -0.4 is 5.32 Å². The molecule has 1 aliphatic carbocycles. The quantitative estimate of drug-likeness (QED) is 0.863. The molecule has 2 aromatic rings. The fourth-order valence-corrected chi connectivity index (χ4v) is 2.73. The van der Waals surface area contributed by atoms with Crippen molar-refractivity contribution in [2.75, 3.05) is 6.54 Å². The molecule has 0 saturated heterocycles. The summed E-state index contributed by atoms with van der Waals surface area (Å²) >= 11 is 0. The summed E-state index contributed by atoms with van der Waals surface area (Å²) in [5.41, 5.74) is 2.05. The average molecular weight is 307 g/mol. The summed E-state index contributed by atoms with van der Waals surface area (Å²) < 4.78 is 0. The second kappa shape index (κ2) is 7.68. The topological polar surface area (TPSA) is 54.9 Å². The van der Waals surface area contributed by atoms with Gasteiger partial charge in [0.1, 0.15) is 0 Å². The van der Waals surface area contributed by atoms with Gasteiger partial charge in [0, 0.05) is 30.4 Å². The van der Waals surface area contributed by atoms with Gasteiger partial charge in [0.2, 0.25) is 5.91 Å². The van der Waals surface area contributed by atoms with Crippen molar-refractivity contribution in [3.05, 3.63) is 60.4 Å². The van der Waals surface area contributed by atoms with Crippen LogP contribution in [-0.2, 0) is 11.2 Å². The molecule has 3 rings (SSSR count). The first kappa shape index (κ1) is 15.4. The maximum absolute atomic E-state index is 12.1. The van der Waals surface area contributed by atoms with E-state index in [1.807, 2.05) is 42.7 Å². The van der Waals surface area contributed by atoms with Crippen LogP contribution in [0.25, 0.3) is 11.4 Å². The Hall–Kier alpha value is -2.49. The Kier molecular flexibility index (Phi) is 5.14. The average Bonchev–Trinajstić information content (AvgIpc) is 2.64. The minimum atomic E-state index is 0.136. The zero-order valence-electron chi connectivity index (χ0n) is 13.1. The van der Waals surface area contributed by atoms with Gasteiger partial charge in [-0.3, -0.25) is 4.79 Å². The lowest BCUT2D eigenvalue weighted by atomic mass is 9.94. The van der Waals surface area contributed by atoms with Crippen LogP contribution in [0.4, 0.5) is 0 Å². The molecule has 0 unspecified atom stereocenters. The minimum absolute atomic E-state index is 0.136. The van der Waals surface area contributed by atoms with Gasteiger partial charge in [-0.25, -0.2) is 9.97 Å².